The van der Waals surface area contributed by atoms with E-state index in [0.29, 0.717) is 0 Å². The highest BCUT2D eigenvalue weighted by Crippen LogP contribution is 2.20. The van der Waals surface area contributed by atoms with E-state index in [1.807, 2.05) is 0 Å². The molecule has 3 heteroatoms. The quantitative estimate of drug-likeness (QED) is 0.483. The molecule has 0 bridgehead atoms. The Morgan fingerprint density at radius 2 is 2.06 bits per heavy atom. The average Bonchev–Trinajstić information content (AvgIpc) is 2.42. The molecule has 1 N–H and O–H groups in total. The third-order valence-electron chi connectivity index (χ3n) is 4.08. The third kappa shape index (κ3) is 7.60. The first-order chi connectivity index (χ1) is 8.86. The number of halogens is 1. The van der Waals surface area contributed by atoms with Crippen molar-refractivity contribution < 1.29 is 4.74 Å². The molecule has 0 aliphatic carbocycles. The smallest absolute Gasteiger partial charge is 0.0468 e. The fourth-order valence-electron chi connectivity index (χ4n) is 2.63. The first kappa shape index (κ1) is 16.3. The van der Waals surface area contributed by atoms with Gasteiger partial charge in [-0.25, -0.2) is 0 Å². The minimum atomic E-state index is 0.762. The lowest BCUT2D eigenvalue weighted by Gasteiger charge is -2.21. The first-order valence-electron chi connectivity index (χ1n) is 7.71. The molecule has 1 saturated heterocycles. The Morgan fingerprint density at radius 3 is 2.72 bits per heavy atom. The maximum atomic E-state index is 5.79. The molecule has 1 heterocycles. The van der Waals surface area contributed by atoms with Crippen molar-refractivity contribution in [2.45, 2.75) is 51.9 Å². The van der Waals surface area contributed by atoms with Crippen molar-refractivity contribution in [1.82, 2.24) is 5.32 Å². The molecule has 1 unspecified atom stereocenters. The largest absolute Gasteiger partial charge is 0.381 e. The Labute approximate surface area is 118 Å². The van der Waals surface area contributed by atoms with Gasteiger partial charge in [0.1, 0.15) is 0 Å². The number of nitrogens with one attached hydrogen (secondary N) is 1. The van der Waals surface area contributed by atoms with E-state index < -0.39 is 0 Å². The van der Waals surface area contributed by atoms with Gasteiger partial charge in [-0.15, -0.1) is 11.6 Å². The summed E-state index contributed by atoms with van der Waals surface area (Å²) in [5.74, 6) is 2.49. The Balaban J connectivity index is 1.88. The number of alkyl halides is 1. The first-order valence-corrected chi connectivity index (χ1v) is 8.24. The van der Waals surface area contributed by atoms with E-state index in [4.69, 9.17) is 16.3 Å². The summed E-state index contributed by atoms with van der Waals surface area (Å²) < 4.78 is 5.38. The molecule has 0 saturated carbocycles. The van der Waals surface area contributed by atoms with E-state index in [2.05, 4.69) is 12.2 Å². The van der Waals surface area contributed by atoms with Crippen molar-refractivity contribution in [3.8, 4) is 0 Å². The van der Waals surface area contributed by atoms with Crippen molar-refractivity contribution in [3.05, 3.63) is 0 Å². The molecule has 0 aromatic carbocycles. The molecule has 1 aliphatic heterocycles. The highest BCUT2D eigenvalue weighted by atomic mass is 35.5. The average molecular weight is 276 g/mol. The molecule has 0 amide bonds. The van der Waals surface area contributed by atoms with E-state index in [9.17, 15) is 0 Å². The van der Waals surface area contributed by atoms with Gasteiger partial charge in [0, 0.05) is 19.1 Å². The van der Waals surface area contributed by atoms with Gasteiger partial charge in [-0.05, 0) is 50.6 Å². The van der Waals surface area contributed by atoms with Crippen LogP contribution in [0.3, 0.4) is 0 Å². The molecule has 0 radical (unpaired) electrons. The molecule has 1 aliphatic rings. The molecule has 108 valence electrons. The number of hydrogen-bond acceptors (Lipinski definition) is 2. The monoisotopic (exact) mass is 275 g/mol. The van der Waals surface area contributed by atoms with Crippen molar-refractivity contribution in [2.75, 3.05) is 32.2 Å². The summed E-state index contributed by atoms with van der Waals surface area (Å²) in [5.41, 5.74) is 0. The highest BCUT2D eigenvalue weighted by Gasteiger charge is 2.12. The lowest BCUT2D eigenvalue weighted by molar-refractivity contribution is 0.0631. The summed E-state index contributed by atoms with van der Waals surface area (Å²) in [6.07, 6.45) is 9.01. The summed E-state index contributed by atoms with van der Waals surface area (Å²) in [7, 11) is 0. The minimum absolute atomic E-state index is 0.762. The summed E-state index contributed by atoms with van der Waals surface area (Å²) >= 11 is 5.79. The number of rotatable bonds is 10. The second-order valence-electron chi connectivity index (χ2n) is 5.51. The summed E-state index contributed by atoms with van der Waals surface area (Å²) in [5, 5.41) is 3.58. The van der Waals surface area contributed by atoms with Crippen molar-refractivity contribution >= 4 is 11.6 Å². The van der Waals surface area contributed by atoms with Crippen LogP contribution in [0.25, 0.3) is 0 Å². The number of unbranched alkanes of at least 4 members (excludes halogenated alkanes) is 1. The highest BCUT2D eigenvalue weighted by molar-refractivity contribution is 6.17. The number of ether oxygens (including phenoxy) is 1. The zero-order valence-electron chi connectivity index (χ0n) is 11.9. The molecular weight excluding hydrogens is 246 g/mol. The van der Waals surface area contributed by atoms with Crippen LogP contribution in [-0.2, 0) is 4.74 Å². The van der Waals surface area contributed by atoms with Gasteiger partial charge in [-0.2, -0.15) is 0 Å². The third-order valence-corrected chi connectivity index (χ3v) is 4.30. The van der Waals surface area contributed by atoms with E-state index in [1.165, 1.54) is 45.1 Å². The Hall–Kier alpha value is 0.210. The van der Waals surface area contributed by atoms with Gasteiger partial charge in [0.15, 0.2) is 0 Å². The van der Waals surface area contributed by atoms with E-state index in [-0.39, 0.29) is 0 Å². The van der Waals surface area contributed by atoms with Crippen LogP contribution in [0.15, 0.2) is 0 Å². The molecule has 2 nitrogen and oxygen atoms in total. The zero-order valence-corrected chi connectivity index (χ0v) is 12.7. The van der Waals surface area contributed by atoms with Crippen LogP contribution in [0.4, 0.5) is 0 Å². The second-order valence-corrected chi connectivity index (χ2v) is 5.89. The second kappa shape index (κ2) is 11.1. The van der Waals surface area contributed by atoms with Gasteiger partial charge in [0.25, 0.3) is 0 Å². The summed E-state index contributed by atoms with van der Waals surface area (Å²) in [6.45, 7) is 6.53. The molecular formula is C15H30ClNO. The zero-order chi connectivity index (χ0) is 13.1. The Bertz CT molecular complexity index is 175. The van der Waals surface area contributed by atoms with Gasteiger partial charge in [0.05, 0.1) is 0 Å². The maximum absolute atomic E-state index is 5.79. The van der Waals surface area contributed by atoms with Crippen molar-refractivity contribution in [3.63, 3.8) is 0 Å². The van der Waals surface area contributed by atoms with E-state index in [0.717, 1.165) is 43.9 Å². The van der Waals surface area contributed by atoms with Crippen LogP contribution in [0.5, 0.6) is 0 Å². The van der Waals surface area contributed by atoms with Crippen LogP contribution >= 0.6 is 11.6 Å². The Morgan fingerprint density at radius 1 is 1.28 bits per heavy atom. The van der Waals surface area contributed by atoms with Crippen LogP contribution in [0, 0.1) is 11.8 Å². The molecule has 1 fully saturated rings. The fraction of sp³-hybridized carbons (Fsp3) is 1.00. The molecule has 1 rings (SSSR count). The SMILES string of the molecule is CCC(CCCl)CNCCCCC1CCOCC1. The van der Waals surface area contributed by atoms with Gasteiger partial charge in [0.2, 0.25) is 0 Å². The molecule has 1 atom stereocenters. The van der Waals surface area contributed by atoms with E-state index >= 15 is 0 Å². The molecule has 0 aromatic rings. The lowest BCUT2D eigenvalue weighted by atomic mass is 9.94. The van der Waals surface area contributed by atoms with E-state index in [1.54, 1.807) is 0 Å². The van der Waals surface area contributed by atoms with Gasteiger partial charge >= 0.3 is 0 Å². The minimum Gasteiger partial charge on any atom is -0.381 e. The van der Waals surface area contributed by atoms with Crippen LogP contribution in [0.2, 0.25) is 0 Å². The summed E-state index contributed by atoms with van der Waals surface area (Å²) in [6, 6.07) is 0. The predicted molar refractivity (Wildman–Crippen MR) is 79.4 cm³/mol. The molecule has 18 heavy (non-hydrogen) atoms. The number of hydrogen-bond donors (Lipinski definition) is 1. The van der Waals surface area contributed by atoms with Crippen LogP contribution in [0.1, 0.15) is 51.9 Å². The lowest BCUT2D eigenvalue weighted by Crippen LogP contribution is -2.24. The van der Waals surface area contributed by atoms with Crippen LogP contribution < -0.4 is 5.32 Å². The van der Waals surface area contributed by atoms with Crippen molar-refractivity contribution in [1.29, 1.82) is 0 Å². The predicted octanol–water partition coefficient (Wildman–Crippen LogP) is 3.83. The van der Waals surface area contributed by atoms with Crippen molar-refractivity contribution in [2.24, 2.45) is 11.8 Å². The van der Waals surface area contributed by atoms with Gasteiger partial charge < -0.3 is 10.1 Å². The summed E-state index contributed by atoms with van der Waals surface area (Å²) in [4.78, 5) is 0. The normalized spacial score (nSPS) is 19.0. The standard InChI is InChI=1S/C15H30ClNO/c1-2-14(6-9-16)13-17-10-4-3-5-15-7-11-18-12-8-15/h14-15,17H,2-13H2,1H3. The molecule has 0 aromatic heterocycles. The topological polar surface area (TPSA) is 21.3 Å². The van der Waals surface area contributed by atoms with Gasteiger partial charge in [-0.3, -0.25) is 0 Å². The fourth-order valence-corrected chi connectivity index (χ4v) is 2.94. The Kier molecular flexibility index (Phi) is 10.0. The van der Waals surface area contributed by atoms with Gasteiger partial charge in [-0.1, -0.05) is 26.2 Å². The molecule has 0 spiro atoms. The van der Waals surface area contributed by atoms with Crippen LogP contribution in [-0.4, -0.2) is 32.2 Å². The maximum Gasteiger partial charge on any atom is 0.0468 e.